The Labute approximate surface area is 137 Å². The molecule has 2 N–H and O–H groups in total. The van der Waals surface area contributed by atoms with Crippen LogP contribution in [0.1, 0.15) is 39.0 Å². The lowest BCUT2D eigenvalue weighted by molar-refractivity contribution is -0.137. The zero-order valence-electron chi connectivity index (χ0n) is 14.0. The second-order valence-electron chi connectivity index (χ2n) is 6.39. The third-order valence-electron chi connectivity index (χ3n) is 4.54. The highest BCUT2D eigenvalue weighted by Gasteiger charge is 2.29. The summed E-state index contributed by atoms with van der Waals surface area (Å²) in [4.78, 5) is 39.5. The molecule has 0 atom stereocenters. The Balaban J connectivity index is 1.66. The monoisotopic (exact) mass is 324 g/mol. The fourth-order valence-electron chi connectivity index (χ4n) is 3.21. The van der Waals surface area contributed by atoms with Crippen LogP contribution in [0.2, 0.25) is 0 Å². The first-order valence-electron chi connectivity index (χ1n) is 8.69. The van der Waals surface area contributed by atoms with Gasteiger partial charge in [-0.25, -0.2) is 4.79 Å². The van der Waals surface area contributed by atoms with E-state index in [2.05, 4.69) is 10.6 Å². The number of carbonyl (C=O) groups excluding carboxylic acids is 3. The van der Waals surface area contributed by atoms with Crippen LogP contribution in [0.3, 0.4) is 0 Å². The molecule has 0 unspecified atom stereocenters. The van der Waals surface area contributed by atoms with Gasteiger partial charge in [0.15, 0.2) is 0 Å². The zero-order chi connectivity index (χ0) is 16.7. The first-order chi connectivity index (χ1) is 11.1. The number of nitrogens with zero attached hydrogens (tertiary/aromatic N) is 2. The van der Waals surface area contributed by atoms with E-state index in [4.69, 9.17) is 0 Å². The van der Waals surface area contributed by atoms with E-state index in [-0.39, 0.29) is 24.3 Å². The summed E-state index contributed by atoms with van der Waals surface area (Å²) in [5.41, 5.74) is 0. The van der Waals surface area contributed by atoms with Crippen LogP contribution in [0.15, 0.2) is 0 Å². The third kappa shape index (κ3) is 5.49. The normalized spacial score (nSPS) is 19.6. The van der Waals surface area contributed by atoms with Gasteiger partial charge in [-0.2, -0.15) is 0 Å². The second kappa shape index (κ2) is 8.86. The van der Waals surface area contributed by atoms with Gasteiger partial charge in [0, 0.05) is 38.6 Å². The van der Waals surface area contributed by atoms with Gasteiger partial charge in [0.1, 0.15) is 0 Å². The summed E-state index contributed by atoms with van der Waals surface area (Å²) in [7, 11) is 0. The van der Waals surface area contributed by atoms with E-state index in [9.17, 15) is 14.4 Å². The van der Waals surface area contributed by atoms with E-state index in [0.29, 0.717) is 32.7 Å². The molecule has 1 saturated carbocycles. The first kappa shape index (κ1) is 17.7. The minimum absolute atomic E-state index is 0.199. The summed E-state index contributed by atoms with van der Waals surface area (Å²) in [6, 6.07) is -0.438. The van der Waals surface area contributed by atoms with Crippen molar-refractivity contribution in [3.8, 4) is 0 Å². The highest BCUT2D eigenvalue weighted by molar-refractivity contribution is 5.95. The molecule has 1 heterocycles. The number of piperazine rings is 1. The molecule has 0 aromatic rings. The Hall–Kier alpha value is -1.63. The molecule has 2 rings (SSSR count). The van der Waals surface area contributed by atoms with Crippen molar-refractivity contribution in [2.24, 2.45) is 5.92 Å². The van der Waals surface area contributed by atoms with Gasteiger partial charge in [0.2, 0.25) is 11.8 Å². The van der Waals surface area contributed by atoms with E-state index >= 15 is 0 Å². The molecular formula is C16H28N4O3. The summed E-state index contributed by atoms with van der Waals surface area (Å²) in [5, 5.41) is 4.94. The van der Waals surface area contributed by atoms with Crippen LogP contribution in [0.5, 0.6) is 0 Å². The molecule has 1 aliphatic heterocycles. The molecule has 0 spiro atoms. The van der Waals surface area contributed by atoms with Crippen molar-refractivity contribution >= 4 is 17.8 Å². The summed E-state index contributed by atoms with van der Waals surface area (Å²) in [6.07, 6.45) is 5.20. The van der Waals surface area contributed by atoms with Gasteiger partial charge in [-0.15, -0.1) is 0 Å². The van der Waals surface area contributed by atoms with E-state index in [1.165, 1.54) is 0 Å². The van der Waals surface area contributed by atoms with Gasteiger partial charge < -0.3 is 10.2 Å². The van der Waals surface area contributed by atoms with Crippen molar-refractivity contribution in [2.45, 2.75) is 39.0 Å². The number of hydrogen-bond acceptors (Lipinski definition) is 4. The van der Waals surface area contributed by atoms with Crippen LogP contribution in [0.4, 0.5) is 4.79 Å². The van der Waals surface area contributed by atoms with Gasteiger partial charge in [-0.1, -0.05) is 19.8 Å². The van der Waals surface area contributed by atoms with Crippen molar-refractivity contribution in [3.05, 3.63) is 0 Å². The molecule has 7 heteroatoms. The van der Waals surface area contributed by atoms with Gasteiger partial charge in [-0.05, 0) is 19.3 Å². The van der Waals surface area contributed by atoms with E-state index < -0.39 is 6.03 Å². The predicted octanol–water partition coefficient (Wildman–Crippen LogP) is 0.557. The Morgan fingerprint density at radius 2 is 1.70 bits per heavy atom. The van der Waals surface area contributed by atoms with E-state index in [0.717, 1.165) is 32.1 Å². The molecule has 0 radical (unpaired) electrons. The molecule has 130 valence electrons. The average Bonchev–Trinajstić information content (AvgIpc) is 3.07. The molecule has 1 saturated heterocycles. The number of rotatable bonds is 5. The minimum atomic E-state index is -0.438. The zero-order valence-corrected chi connectivity index (χ0v) is 14.0. The summed E-state index contributed by atoms with van der Waals surface area (Å²) in [5.74, 6) is 0.201. The Bertz CT molecular complexity index is 427. The molecule has 23 heavy (non-hydrogen) atoms. The molecule has 2 fully saturated rings. The SMILES string of the molecule is CCCNC(=O)NC(=O)CN1CCN(C(=O)C2CCCC2)CC1. The fourth-order valence-corrected chi connectivity index (χ4v) is 3.21. The summed E-state index contributed by atoms with van der Waals surface area (Å²) in [6.45, 7) is 5.42. The third-order valence-corrected chi connectivity index (χ3v) is 4.54. The van der Waals surface area contributed by atoms with Gasteiger partial charge >= 0.3 is 6.03 Å². The lowest BCUT2D eigenvalue weighted by atomic mass is 10.1. The summed E-state index contributed by atoms with van der Waals surface area (Å²) >= 11 is 0. The minimum Gasteiger partial charge on any atom is -0.340 e. The number of urea groups is 1. The largest absolute Gasteiger partial charge is 0.340 e. The first-order valence-corrected chi connectivity index (χ1v) is 8.69. The van der Waals surface area contributed by atoms with Crippen molar-refractivity contribution in [2.75, 3.05) is 39.3 Å². The van der Waals surface area contributed by atoms with Crippen LogP contribution >= 0.6 is 0 Å². The highest BCUT2D eigenvalue weighted by atomic mass is 16.2. The molecule has 0 aromatic heterocycles. The predicted molar refractivity (Wildman–Crippen MR) is 86.8 cm³/mol. The number of nitrogens with one attached hydrogen (secondary N) is 2. The van der Waals surface area contributed by atoms with Crippen molar-refractivity contribution in [3.63, 3.8) is 0 Å². The molecule has 2 aliphatic rings. The number of hydrogen-bond donors (Lipinski definition) is 2. The molecule has 7 nitrogen and oxygen atoms in total. The van der Waals surface area contributed by atoms with Crippen LogP contribution in [0.25, 0.3) is 0 Å². The lowest BCUT2D eigenvalue weighted by Gasteiger charge is -2.35. The van der Waals surface area contributed by atoms with Gasteiger partial charge in [-0.3, -0.25) is 19.8 Å². The van der Waals surface area contributed by atoms with E-state index in [1.54, 1.807) is 0 Å². The van der Waals surface area contributed by atoms with Crippen LogP contribution < -0.4 is 10.6 Å². The lowest BCUT2D eigenvalue weighted by Crippen LogP contribution is -2.53. The van der Waals surface area contributed by atoms with Crippen molar-refractivity contribution in [1.82, 2.24) is 20.4 Å². The van der Waals surface area contributed by atoms with Gasteiger partial charge in [0.25, 0.3) is 0 Å². The number of amides is 4. The molecule has 4 amide bonds. The average molecular weight is 324 g/mol. The topological polar surface area (TPSA) is 81.8 Å². The Morgan fingerprint density at radius 3 is 2.30 bits per heavy atom. The second-order valence-corrected chi connectivity index (χ2v) is 6.39. The Kier molecular flexibility index (Phi) is 6.83. The Morgan fingerprint density at radius 1 is 1.04 bits per heavy atom. The van der Waals surface area contributed by atoms with E-state index in [1.807, 2.05) is 16.7 Å². The molecule has 1 aliphatic carbocycles. The van der Waals surface area contributed by atoms with Crippen LogP contribution in [0, 0.1) is 5.92 Å². The number of carbonyl (C=O) groups is 3. The van der Waals surface area contributed by atoms with Crippen molar-refractivity contribution in [1.29, 1.82) is 0 Å². The quantitative estimate of drug-likeness (QED) is 0.774. The maximum atomic E-state index is 12.4. The number of imide groups is 1. The van der Waals surface area contributed by atoms with Crippen LogP contribution in [-0.2, 0) is 9.59 Å². The standard InChI is InChI=1S/C16H28N4O3/c1-2-7-17-16(23)18-14(21)12-19-8-10-20(11-9-19)15(22)13-5-3-4-6-13/h13H,2-12H2,1H3,(H2,17,18,21,23). The smallest absolute Gasteiger partial charge is 0.321 e. The highest BCUT2D eigenvalue weighted by Crippen LogP contribution is 2.26. The molecular weight excluding hydrogens is 296 g/mol. The summed E-state index contributed by atoms with van der Waals surface area (Å²) < 4.78 is 0. The van der Waals surface area contributed by atoms with Crippen LogP contribution in [-0.4, -0.2) is 66.9 Å². The molecule has 0 aromatic carbocycles. The fraction of sp³-hybridized carbons (Fsp3) is 0.812. The maximum Gasteiger partial charge on any atom is 0.321 e. The van der Waals surface area contributed by atoms with Crippen molar-refractivity contribution < 1.29 is 14.4 Å². The maximum absolute atomic E-state index is 12.4. The van der Waals surface area contributed by atoms with Gasteiger partial charge in [0.05, 0.1) is 6.54 Å². The molecule has 0 bridgehead atoms.